The molecule has 2 aliphatic rings. The molecule has 2 aromatic rings. The fourth-order valence-electron chi connectivity index (χ4n) is 3.95. The molecule has 3 amide bonds. The summed E-state index contributed by atoms with van der Waals surface area (Å²) in [4.78, 5) is 41.8. The number of carbonyl (C=O) groups excluding carboxylic acids is 3. The van der Waals surface area contributed by atoms with Crippen LogP contribution in [0.3, 0.4) is 0 Å². The van der Waals surface area contributed by atoms with Gasteiger partial charge in [0.15, 0.2) is 0 Å². The van der Waals surface area contributed by atoms with Gasteiger partial charge >= 0.3 is 0 Å². The lowest BCUT2D eigenvalue weighted by molar-refractivity contribution is -0.136. The minimum atomic E-state index is -0.585. The van der Waals surface area contributed by atoms with Crippen LogP contribution in [0.25, 0.3) is 0 Å². The van der Waals surface area contributed by atoms with E-state index in [4.69, 9.17) is 0 Å². The van der Waals surface area contributed by atoms with Gasteiger partial charge in [0.25, 0.3) is 5.91 Å². The quantitative estimate of drug-likeness (QED) is 0.358. The maximum absolute atomic E-state index is 12.7. The second-order valence-electron chi connectivity index (χ2n) is 7.88. The van der Waals surface area contributed by atoms with Crippen molar-refractivity contribution in [1.29, 1.82) is 0 Å². The monoisotopic (exact) mass is 432 g/mol. The summed E-state index contributed by atoms with van der Waals surface area (Å²) in [5.74, 6) is 5.23. The molecule has 0 radical (unpaired) electrons. The van der Waals surface area contributed by atoms with Crippen molar-refractivity contribution in [2.24, 2.45) is 0 Å². The molecule has 0 aliphatic carbocycles. The number of imide groups is 1. The molecule has 1 atom stereocenters. The number of benzene rings is 1. The van der Waals surface area contributed by atoms with Crippen molar-refractivity contribution < 1.29 is 19.5 Å². The molecule has 8 nitrogen and oxygen atoms in total. The summed E-state index contributed by atoms with van der Waals surface area (Å²) in [5, 5.41) is 14.8. The van der Waals surface area contributed by atoms with Gasteiger partial charge in [0, 0.05) is 18.5 Å². The van der Waals surface area contributed by atoms with E-state index in [2.05, 4.69) is 27.5 Å². The van der Waals surface area contributed by atoms with Gasteiger partial charge in [-0.2, -0.15) is 0 Å². The summed E-state index contributed by atoms with van der Waals surface area (Å²) in [7, 11) is 0. The minimum Gasteiger partial charge on any atom is -0.506 e. The summed E-state index contributed by atoms with van der Waals surface area (Å²) in [6.07, 6.45) is 3.77. The predicted octanol–water partition coefficient (Wildman–Crippen LogP) is 1.12. The first kappa shape index (κ1) is 21.5. The van der Waals surface area contributed by atoms with Crippen molar-refractivity contribution in [2.75, 3.05) is 13.1 Å². The van der Waals surface area contributed by atoms with E-state index in [1.165, 1.54) is 6.20 Å². The number of nitrogens with one attached hydrogen (secondary N) is 2. The minimum absolute atomic E-state index is 0.119. The van der Waals surface area contributed by atoms with E-state index >= 15 is 0 Å². The topological polar surface area (TPSA) is 112 Å². The summed E-state index contributed by atoms with van der Waals surface area (Å²) in [5.41, 5.74) is 3.32. The molecule has 1 saturated heterocycles. The lowest BCUT2D eigenvalue weighted by Crippen LogP contribution is -2.52. The molecule has 3 N–H and O–H groups in total. The van der Waals surface area contributed by atoms with Gasteiger partial charge < -0.3 is 15.3 Å². The van der Waals surface area contributed by atoms with Crippen molar-refractivity contribution in [1.82, 2.24) is 20.5 Å². The molecule has 1 aromatic heterocycles. The predicted molar refractivity (Wildman–Crippen MR) is 116 cm³/mol. The van der Waals surface area contributed by atoms with Crippen LogP contribution < -0.4 is 10.6 Å². The smallest absolute Gasteiger partial charge is 0.255 e. The van der Waals surface area contributed by atoms with Crippen LogP contribution in [0.4, 0.5) is 0 Å². The van der Waals surface area contributed by atoms with Crippen LogP contribution in [-0.4, -0.2) is 51.8 Å². The maximum atomic E-state index is 12.7. The summed E-state index contributed by atoms with van der Waals surface area (Å²) in [6.45, 7) is 1.74. The molecule has 4 rings (SSSR count). The van der Waals surface area contributed by atoms with Gasteiger partial charge in [-0.25, -0.2) is 4.98 Å². The summed E-state index contributed by atoms with van der Waals surface area (Å²) in [6, 6.07) is 8.47. The summed E-state index contributed by atoms with van der Waals surface area (Å²) >= 11 is 0. The van der Waals surface area contributed by atoms with Crippen molar-refractivity contribution in [3.05, 3.63) is 58.9 Å². The van der Waals surface area contributed by atoms with E-state index in [0.717, 1.165) is 30.5 Å². The SMILES string of the molecule is O=C1CCC(N2Cc3cc(CCCNCC#Cc4ccc(O)cn4)ccc3C2=O)C(=O)N1. The third-order valence-electron chi connectivity index (χ3n) is 5.58. The van der Waals surface area contributed by atoms with Gasteiger partial charge in [0.2, 0.25) is 11.8 Å². The van der Waals surface area contributed by atoms with Crippen LogP contribution in [0.2, 0.25) is 0 Å². The third kappa shape index (κ3) is 4.95. The molecular formula is C24H24N4O4. The first-order valence-electron chi connectivity index (χ1n) is 10.6. The van der Waals surface area contributed by atoms with E-state index in [9.17, 15) is 19.5 Å². The highest BCUT2D eigenvalue weighted by atomic mass is 16.3. The second-order valence-corrected chi connectivity index (χ2v) is 7.88. The number of carbonyl (C=O) groups is 3. The highest BCUT2D eigenvalue weighted by Crippen LogP contribution is 2.28. The standard InChI is InChI=1S/C24H24N4O4/c29-19-7-6-18(26-14-19)4-2-12-25-11-1-3-16-5-8-20-17(13-16)15-28(24(20)32)21-9-10-22(30)27-23(21)31/h5-8,13-14,21,25,29H,1,3,9-12,15H2,(H,27,30,31). The largest absolute Gasteiger partial charge is 0.506 e. The van der Waals surface area contributed by atoms with E-state index in [1.807, 2.05) is 18.2 Å². The van der Waals surface area contributed by atoms with Crippen molar-refractivity contribution in [2.45, 2.75) is 38.3 Å². The Hall–Kier alpha value is -3.70. The Labute approximate surface area is 186 Å². The first-order valence-corrected chi connectivity index (χ1v) is 10.6. The lowest BCUT2D eigenvalue weighted by atomic mass is 10.0. The molecule has 0 spiro atoms. The number of aromatic hydroxyl groups is 1. The maximum Gasteiger partial charge on any atom is 0.255 e. The Bertz CT molecular complexity index is 1100. The number of aromatic nitrogens is 1. The number of amides is 3. The molecular weight excluding hydrogens is 408 g/mol. The van der Waals surface area contributed by atoms with Crippen LogP contribution in [-0.2, 0) is 22.6 Å². The number of piperidine rings is 1. The number of hydrogen-bond donors (Lipinski definition) is 3. The zero-order valence-corrected chi connectivity index (χ0v) is 17.6. The normalized spacial score (nSPS) is 17.6. The highest BCUT2D eigenvalue weighted by Gasteiger charge is 2.38. The van der Waals surface area contributed by atoms with Crippen LogP contribution in [0.5, 0.6) is 5.75 Å². The molecule has 8 heteroatoms. The zero-order valence-electron chi connectivity index (χ0n) is 17.6. The molecule has 1 aromatic carbocycles. The van der Waals surface area contributed by atoms with Crippen molar-refractivity contribution in [3.8, 4) is 17.6 Å². The van der Waals surface area contributed by atoms with Gasteiger partial charge in [0.1, 0.15) is 17.5 Å². The Morgan fingerprint density at radius 2 is 2.09 bits per heavy atom. The number of hydrogen-bond acceptors (Lipinski definition) is 6. The first-order chi connectivity index (χ1) is 15.5. The second kappa shape index (κ2) is 9.62. The van der Waals surface area contributed by atoms with Gasteiger partial charge in [-0.05, 0) is 61.1 Å². The fraction of sp³-hybridized carbons (Fsp3) is 0.333. The van der Waals surface area contributed by atoms with E-state index in [0.29, 0.717) is 30.8 Å². The molecule has 0 saturated carbocycles. The molecule has 0 bridgehead atoms. The lowest BCUT2D eigenvalue weighted by Gasteiger charge is -2.29. The highest BCUT2D eigenvalue weighted by molar-refractivity contribution is 6.05. The Balaban J connectivity index is 1.24. The molecule has 2 aliphatic heterocycles. The average Bonchev–Trinajstić information content (AvgIpc) is 3.10. The van der Waals surface area contributed by atoms with Gasteiger partial charge in [-0.3, -0.25) is 19.7 Å². The zero-order chi connectivity index (χ0) is 22.5. The number of fused-ring (bicyclic) bond motifs is 1. The Morgan fingerprint density at radius 1 is 1.22 bits per heavy atom. The molecule has 1 fully saturated rings. The van der Waals surface area contributed by atoms with Crippen LogP contribution in [0, 0.1) is 11.8 Å². The van der Waals surface area contributed by atoms with Crippen molar-refractivity contribution >= 4 is 17.7 Å². The number of nitrogens with zero attached hydrogens (tertiary/aromatic N) is 2. The van der Waals surface area contributed by atoms with E-state index in [1.54, 1.807) is 17.0 Å². The third-order valence-corrected chi connectivity index (χ3v) is 5.58. The number of pyridine rings is 1. The van der Waals surface area contributed by atoms with Crippen molar-refractivity contribution in [3.63, 3.8) is 0 Å². The molecule has 1 unspecified atom stereocenters. The van der Waals surface area contributed by atoms with Crippen LogP contribution in [0.15, 0.2) is 36.5 Å². The fourth-order valence-corrected chi connectivity index (χ4v) is 3.95. The van der Waals surface area contributed by atoms with Crippen LogP contribution >= 0.6 is 0 Å². The van der Waals surface area contributed by atoms with Crippen LogP contribution in [0.1, 0.15) is 46.4 Å². The van der Waals surface area contributed by atoms with Gasteiger partial charge in [-0.1, -0.05) is 18.1 Å². The van der Waals surface area contributed by atoms with Gasteiger partial charge in [-0.15, -0.1) is 0 Å². The summed E-state index contributed by atoms with van der Waals surface area (Å²) < 4.78 is 0. The van der Waals surface area contributed by atoms with E-state index < -0.39 is 11.9 Å². The number of aryl methyl sites for hydroxylation is 1. The molecule has 3 heterocycles. The molecule has 164 valence electrons. The Morgan fingerprint density at radius 3 is 2.88 bits per heavy atom. The Kier molecular flexibility index (Phi) is 6.47. The average molecular weight is 432 g/mol. The van der Waals surface area contributed by atoms with Gasteiger partial charge in [0.05, 0.1) is 12.7 Å². The number of rotatable bonds is 6. The molecule has 32 heavy (non-hydrogen) atoms. The van der Waals surface area contributed by atoms with E-state index in [-0.39, 0.29) is 24.0 Å².